The van der Waals surface area contributed by atoms with Gasteiger partial charge in [-0.25, -0.2) is 0 Å². The standard InChI is InChI=1S/C11H15NO2/c13-8-11(9-14-7-6-12-11)10-4-2-1-3-5-10/h1-5,12-13H,6-9H2. The number of hydrogen-bond acceptors (Lipinski definition) is 3. The number of hydrogen-bond donors (Lipinski definition) is 2. The van der Waals surface area contributed by atoms with Crippen molar-refractivity contribution in [2.45, 2.75) is 5.54 Å². The number of rotatable bonds is 2. The van der Waals surface area contributed by atoms with E-state index in [1.165, 1.54) is 0 Å². The van der Waals surface area contributed by atoms with Crippen LogP contribution in [0.2, 0.25) is 0 Å². The Bertz CT molecular complexity index is 281. The van der Waals surface area contributed by atoms with E-state index >= 15 is 0 Å². The largest absolute Gasteiger partial charge is 0.394 e. The molecule has 0 radical (unpaired) electrons. The summed E-state index contributed by atoms with van der Waals surface area (Å²) in [6, 6.07) is 9.94. The van der Waals surface area contributed by atoms with E-state index in [0.29, 0.717) is 13.2 Å². The molecule has 1 aromatic rings. The lowest BCUT2D eigenvalue weighted by atomic mass is 9.91. The molecule has 0 saturated carbocycles. The van der Waals surface area contributed by atoms with Crippen LogP contribution in [0.3, 0.4) is 0 Å². The minimum atomic E-state index is -0.403. The van der Waals surface area contributed by atoms with Crippen LogP contribution in [0.15, 0.2) is 30.3 Å². The molecule has 0 aliphatic carbocycles. The Labute approximate surface area is 83.7 Å². The predicted octanol–water partition coefficient (Wildman–Crippen LogP) is 0.494. The quantitative estimate of drug-likeness (QED) is 0.718. The third-order valence-electron chi connectivity index (χ3n) is 2.65. The van der Waals surface area contributed by atoms with Gasteiger partial charge in [-0.15, -0.1) is 0 Å². The highest BCUT2D eigenvalue weighted by Gasteiger charge is 2.33. The summed E-state index contributed by atoms with van der Waals surface area (Å²) in [5.41, 5.74) is 0.682. The molecule has 1 fully saturated rings. The molecule has 1 unspecified atom stereocenters. The van der Waals surface area contributed by atoms with Crippen LogP contribution >= 0.6 is 0 Å². The lowest BCUT2D eigenvalue weighted by Gasteiger charge is -2.37. The second-order valence-corrected chi connectivity index (χ2v) is 3.59. The molecule has 1 aliphatic rings. The van der Waals surface area contributed by atoms with E-state index in [2.05, 4.69) is 5.32 Å². The van der Waals surface area contributed by atoms with E-state index < -0.39 is 5.54 Å². The van der Waals surface area contributed by atoms with Crippen molar-refractivity contribution < 1.29 is 9.84 Å². The smallest absolute Gasteiger partial charge is 0.0906 e. The third kappa shape index (κ3) is 1.66. The van der Waals surface area contributed by atoms with Gasteiger partial charge in [0, 0.05) is 6.54 Å². The summed E-state index contributed by atoms with van der Waals surface area (Å²) in [6.45, 7) is 2.11. The highest BCUT2D eigenvalue weighted by Crippen LogP contribution is 2.22. The first-order valence-corrected chi connectivity index (χ1v) is 4.86. The predicted molar refractivity (Wildman–Crippen MR) is 54.0 cm³/mol. The lowest BCUT2D eigenvalue weighted by Crippen LogP contribution is -2.54. The van der Waals surface area contributed by atoms with Crippen molar-refractivity contribution in [3.63, 3.8) is 0 Å². The Kier molecular flexibility index (Phi) is 2.82. The Morgan fingerprint density at radius 2 is 2.14 bits per heavy atom. The first kappa shape index (κ1) is 9.65. The fourth-order valence-electron chi connectivity index (χ4n) is 1.80. The Morgan fingerprint density at radius 1 is 1.36 bits per heavy atom. The minimum Gasteiger partial charge on any atom is -0.394 e. The van der Waals surface area contributed by atoms with Gasteiger partial charge in [0.05, 0.1) is 25.4 Å². The summed E-state index contributed by atoms with van der Waals surface area (Å²) in [6.07, 6.45) is 0. The molecule has 76 valence electrons. The molecule has 1 saturated heterocycles. The molecule has 0 aromatic heterocycles. The third-order valence-corrected chi connectivity index (χ3v) is 2.65. The van der Waals surface area contributed by atoms with Crippen molar-refractivity contribution in [3.8, 4) is 0 Å². The Balaban J connectivity index is 2.27. The average molecular weight is 193 g/mol. The first-order chi connectivity index (χ1) is 6.87. The molecule has 14 heavy (non-hydrogen) atoms. The molecular formula is C11H15NO2. The maximum atomic E-state index is 9.45. The van der Waals surface area contributed by atoms with Crippen LogP contribution < -0.4 is 5.32 Å². The monoisotopic (exact) mass is 193 g/mol. The maximum Gasteiger partial charge on any atom is 0.0906 e. The van der Waals surface area contributed by atoms with Gasteiger partial charge in [-0.1, -0.05) is 30.3 Å². The maximum absolute atomic E-state index is 9.45. The number of aliphatic hydroxyl groups is 1. The second kappa shape index (κ2) is 4.09. The van der Waals surface area contributed by atoms with Crippen LogP contribution in [-0.2, 0) is 10.3 Å². The molecule has 2 rings (SSSR count). The zero-order valence-electron chi connectivity index (χ0n) is 8.07. The van der Waals surface area contributed by atoms with Crippen molar-refractivity contribution in [1.29, 1.82) is 0 Å². The van der Waals surface area contributed by atoms with Gasteiger partial charge in [0.25, 0.3) is 0 Å². The first-order valence-electron chi connectivity index (χ1n) is 4.86. The van der Waals surface area contributed by atoms with Gasteiger partial charge >= 0.3 is 0 Å². The van der Waals surface area contributed by atoms with Crippen LogP contribution in [0.4, 0.5) is 0 Å². The van der Waals surface area contributed by atoms with Crippen molar-refractivity contribution in [3.05, 3.63) is 35.9 Å². The molecule has 0 bridgehead atoms. The molecule has 0 amide bonds. The minimum absolute atomic E-state index is 0.0665. The van der Waals surface area contributed by atoms with E-state index in [1.54, 1.807) is 0 Å². The SMILES string of the molecule is OCC1(c2ccccc2)COCCN1. The lowest BCUT2D eigenvalue weighted by molar-refractivity contribution is -0.00332. The van der Waals surface area contributed by atoms with Crippen molar-refractivity contribution in [2.75, 3.05) is 26.4 Å². The van der Waals surface area contributed by atoms with Gasteiger partial charge in [-0.05, 0) is 5.56 Å². The van der Waals surface area contributed by atoms with Crippen LogP contribution in [-0.4, -0.2) is 31.5 Å². The topological polar surface area (TPSA) is 41.5 Å². The highest BCUT2D eigenvalue weighted by atomic mass is 16.5. The fourth-order valence-corrected chi connectivity index (χ4v) is 1.80. The van der Waals surface area contributed by atoms with E-state index in [1.807, 2.05) is 30.3 Å². The van der Waals surface area contributed by atoms with Crippen LogP contribution in [0, 0.1) is 0 Å². The molecule has 1 aromatic carbocycles. The van der Waals surface area contributed by atoms with Gasteiger partial charge in [0.1, 0.15) is 0 Å². The zero-order chi connectivity index (χ0) is 9.86. The van der Waals surface area contributed by atoms with Crippen molar-refractivity contribution >= 4 is 0 Å². The molecule has 2 N–H and O–H groups in total. The molecule has 1 aliphatic heterocycles. The summed E-state index contributed by atoms with van der Waals surface area (Å²) in [7, 11) is 0. The molecule has 1 heterocycles. The number of nitrogens with one attached hydrogen (secondary N) is 1. The van der Waals surface area contributed by atoms with Gasteiger partial charge in [-0.3, -0.25) is 0 Å². The molecule has 3 nitrogen and oxygen atoms in total. The summed E-state index contributed by atoms with van der Waals surface area (Å²) >= 11 is 0. The Morgan fingerprint density at radius 3 is 2.71 bits per heavy atom. The molecule has 3 heteroatoms. The Hall–Kier alpha value is -0.900. The van der Waals surface area contributed by atoms with E-state index in [-0.39, 0.29) is 6.61 Å². The van der Waals surface area contributed by atoms with Crippen LogP contribution in [0.5, 0.6) is 0 Å². The summed E-state index contributed by atoms with van der Waals surface area (Å²) < 4.78 is 5.41. The van der Waals surface area contributed by atoms with E-state index in [4.69, 9.17) is 4.74 Å². The normalized spacial score (nSPS) is 27.5. The zero-order valence-corrected chi connectivity index (χ0v) is 8.07. The van der Waals surface area contributed by atoms with Gasteiger partial charge in [0.15, 0.2) is 0 Å². The molecule has 1 atom stereocenters. The van der Waals surface area contributed by atoms with E-state index in [9.17, 15) is 5.11 Å². The second-order valence-electron chi connectivity index (χ2n) is 3.59. The number of morpholine rings is 1. The van der Waals surface area contributed by atoms with Gasteiger partial charge in [-0.2, -0.15) is 0 Å². The van der Waals surface area contributed by atoms with E-state index in [0.717, 1.165) is 12.1 Å². The average Bonchev–Trinajstić information content (AvgIpc) is 2.31. The van der Waals surface area contributed by atoms with Crippen molar-refractivity contribution in [2.24, 2.45) is 0 Å². The van der Waals surface area contributed by atoms with Crippen molar-refractivity contribution in [1.82, 2.24) is 5.32 Å². The molecular weight excluding hydrogens is 178 g/mol. The van der Waals surface area contributed by atoms with Gasteiger partial charge < -0.3 is 15.2 Å². The number of aliphatic hydroxyl groups excluding tert-OH is 1. The van der Waals surface area contributed by atoms with Gasteiger partial charge in [0.2, 0.25) is 0 Å². The number of ether oxygens (including phenoxy) is 1. The van der Waals surface area contributed by atoms with Crippen LogP contribution in [0.1, 0.15) is 5.56 Å². The highest BCUT2D eigenvalue weighted by molar-refractivity contribution is 5.25. The number of benzene rings is 1. The fraction of sp³-hybridized carbons (Fsp3) is 0.455. The summed E-state index contributed by atoms with van der Waals surface area (Å²) in [5, 5.41) is 12.8. The van der Waals surface area contributed by atoms with Crippen LogP contribution in [0.25, 0.3) is 0 Å². The summed E-state index contributed by atoms with van der Waals surface area (Å²) in [5.74, 6) is 0. The molecule has 0 spiro atoms. The summed E-state index contributed by atoms with van der Waals surface area (Å²) in [4.78, 5) is 0.